The van der Waals surface area contributed by atoms with Crippen LogP contribution in [0.15, 0.2) is 30.6 Å². The second-order valence-electron chi connectivity index (χ2n) is 4.49. The van der Waals surface area contributed by atoms with Gasteiger partial charge in [-0.2, -0.15) is 5.10 Å². The number of fused-ring (bicyclic) bond motifs is 1. The maximum Gasteiger partial charge on any atom is 0.270 e. The van der Waals surface area contributed by atoms with Crippen molar-refractivity contribution in [2.75, 3.05) is 0 Å². The molecule has 0 saturated heterocycles. The Labute approximate surface area is 114 Å². The van der Waals surface area contributed by atoms with Gasteiger partial charge >= 0.3 is 0 Å². The average molecular weight is 269 g/mol. The maximum atomic E-state index is 10.9. The molecule has 0 aliphatic rings. The molecule has 0 unspecified atom stereocenters. The van der Waals surface area contributed by atoms with Gasteiger partial charge in [-0.1, -0.05) is 0 Å². The minimum absolute atomic E-state index is 0.00933. The van der Waals surface area contributed by atoms with Gasteiger partial charge in [0.1, 0.15) is 6.33 Å². The second-order valence-corrected chi connectivity index (χ2v) is 4.49. The van der Waals surface area contributed by atoms with Crippen LogP contribution in [0.4, 0.5) is 5.69 Å². The summed E-state index contributed by atoms with van der Waals surface area (Å²) in [5.41, 5.74) is 2.43. The van der Waals surface area contributed by atoms with E-state index in [4.69, 9.17) is 0 Å². The van der Waals surface area contributed by atoms with Gasteiger partial charge in [0.15, 0.2) is 5.82 Å². The van der Waals surface area contributed by atoms with Gasteiger partial charge in [-0.15, -0.1) is 0 Å². The van der Waals surface area contributed by atoms with Crippen molar-refractivity contribution in [3.63, 3.8) is 0 Å². The van der Waals surface area contributed by atoms with E-state index in [-0.39, 0.29) is 5.69 Å². The van der Waals surface area contributed by atoms with Gasteiger partial charge in [-0.3, -0.25) is 10.1 Å². The van der Waals surface area contributed by atoms with Crippen LogP contribution < -0.4 is 0 Å². The second kappa shape index (κ2) is 4.37. The number of benzene rings is 1. The molecule has 20 heavy (non-hydrogen) atoms. The normalized spacial score (nSPS) is 10.9. The number of aromatic nitrogens is 4. The number of rotatable bonds is 2. The molecular formula is C13H11N5O2. The summed E-state index contributed by atoms with van der Waals surface area (Å²) in [6, 6.07) is 6.44. The van der Waals surface area contributed by atoms with E-state index in [1.54, 1.807) is 10.7 Å². The Bertz CT molecular complexity index is 825. The van der Waals surface area contributed by atoms with Crippen molar-refractivity contribution in [2.45, 2.75) is 13.8 Å². The predicted molar refractivity (Wildman–Crippen MR) is 72.8 cm³/mol. The van der Waals surface area contributed by atoms with E-state index in [0.29, 0.717) is 16.7 Å². The predicted octanol–water partition coefficient (Wildman–Crippen LogP) is 2.34. The lowest BCUT2D eigenvalue weighted by Crippen LogP contribution is -2.04. The summed E-state index contributed by atoms with van der Waals surface area (Å²) in [5.74, 6) is 0.546. The number of nitrogens with zero attached hydrogens (tertiary/aromatic N) is 5. The molecule has 0 saturated carbocycles. The molecule has 0 N–H and O–H groups in total. The van der Waals surface area contributed by atoms with E-state index in [2.05, 4.69) is 15.1 Å². The van der Waals surface area contributed by atoms with Gasteiger partial charge in [0.25, 0.3) is 5.69 Å². The van der Waals surface area contributed by atoms with Crippen LogP contribution in [0.1, 0.15) is 11.4 Å². The fourth-order valence-corrected chi connectivity index (χ4v) is 2.16. The van der Waals surface area contributed by atoms with Crippen LogP contribution in [-0.4, -0.2) is 24.7 Å². The summed E-state index contributed by atoms with van der Waals surface area (Å²) in [4.78, 5) is 18.8. The fraction of sp³-hybridized carbons (Fsp3) is 0.154. The molecule has 0 atom stereocenters. The van der Waals surface area contributed by atoms with Crippen LogP contribution in [0.3, 0.4) is 0 Å². The first-order valence-corrected chi connectivity index (χ1v) is 5.99. The van der Waals surface area contributed by atoms with Crippen molar-refractivity contribution in [1.82, 2.24) is 19.7 Å². The highest BCUT2D eigenvalue weighted by atomic mass is 16.6. The van der Waals surface area contributed by atoms with Crippen LogP contribution in [0.25, 0.3) is 16.7 Å². The van der Waals surface area contributed by atoms with E-state index in [1.807, 2.05) is 19.9 Å². The molecule has 7 nitrogen and oxygen atoms in total. The molecule has 0 spiro atoms. The van der Waals surface area contributed by atoms with Crippen LogP contribution in [-0.2, 0) is 0 Å². The monoisotopic (exact) mass is 269 g/mol. The Morgan fingerprint density at radius 2 is 2.00 bits per heavy atom. The third-order valence-electron chi connectivity index (χ3n) is 3.02. The molecule has 0 aliphatic heterocycles. The van der Waals surface area contributed by atoms with Crippen LogP contribution in [0, 0.1) is 24.0 Å². The molecule has 0 aliphatic carbocycles. The Balaban J connectivity index is 2.32. The minimum atomic E-state index is -0.433. The maximum absolute atomic E-state index is 10.9. The quantitative estimate of drug-likeness (QED) is 0.526. The van der Waals surface area contributed by atoms with E-state index < -0.39 is 4.92 Å². The summed E-state index contributed by atoms with van der Waals surface area (Å²) in [6.45, 7) is 3.79. The van der Waals surface area contributed by atoms with Gasteiger partial charge in [-0.25, -0.2) is 14.6 Å². The van der Waals surface area contributed by atoms with Crippen LogP contribution in [0.2, 0.25) is 0 Å². The summed E-state index contributed by atoms with van der Waals surface area (Å²) >= 11 is 0. The molecule has 0 fully saturated rings. The molecule has 100 valence electrons. The first-order valence-electron chi connectivity index (χ1n) is 5.99. The van der Waals surface area contributed by atoms with Crippen LogP contribution in [0.5, 0.6) is 0 Å². The van der Waals surface area contributed by atoms with Crippen molar-refractivity contribution in [3.05, 3.63) is 52.1 Å². The molecule has 2 aromatic heterocycles. The molecule has 1 aromatic carbocycles. The van der Waals surface area contributed by atoms with E-state index in [1.165, 1.54) is 18.5 Å². The molecule has 0 radical (unpaired) electrons. The summed E-state index contributed by atoms with van der Waals surface area (Å²) in [7, 11) is 0. The smallest absolute Gasteiger partial charge is 0.258 e. The molecule has 0 bridgehead atoms. The molecule has 7 heteroatoms. The van der Waals surface area contributed by atoms with E-state index in [9.17, 15) is 10.1 Å². The van der Waals surface area contributed by atoms with Crippen LogP contribution >= 0.6 is 0 Å². The fourth-order valence-electron chi connectivity index (χ4n) is 2.16. The summed E-state index contributed by atoms with van der Waals surface area (Å²) in [6.07, 6.45) is 1.43. The lowest BCUT2D eigenvalue weighted by atomic mass is 10.2. The lowest BCUT2D eigenvalue weighted by molar-refractivity contribution is -0.384. The zero-order valence-corrected chi connectivity index (χ0v) is 10.9. The molecular weight excluding hydrogens is 258 g/mol. The number of nitro benzene ring substituents is 1. The van der Waals surface area contributed by atoms with Gasteiger partial charge in [0, 0.05) is 17.8 Å². The van der Waals surface area contributed by atoms with Crippen molar-refractivity contribution in [1.29, 1.82) is 0 Å². The zero-order valence-electron chi connectivity index (χ0n) is 10.9. The van der Waals surface area contributed by atoms with Crippen molar-refractivity contribution < 1.29 is 4.92 Å². The van der Waals surface area contributed by atoms with Crippen molar-refractivity contribution >= 4 is 16.6 Å². The number of hydrogen-bond donors (Lipinski definition) is 0. The number of aryl methyl sites for hydroxylation is 2. The number of non-ortho nitro benzene ring substituents is 1. The molecule has 0 amide bonds. The third kappa shape index (κ3) is 1.89. The average Bonchev–Trinajstić information content (AvgIpc) is 2.76. The third-order valence-corrected chi connectivity index (χ3v) is 3.02. The van der Waals surface area contributed by atoms with Crippen molar-refractivity contribution in [2.24, 2.45) is 0 Å². The minimum Gasteiger partial charge on any atom is -0.258 e. The highest BCUT2D eigenvalue weighted by Crippen LogP contribution is 2.24. The number of nitro groups is 1. The van der Waals surface area contributed by atoms with Gasteiger partial charge < -0.3 is 0 Å². The highest BCUT2D eigenvalue weighted by molar-refractivity contribution is 5.87. The van der Waals surface area contributed by atoms with E-state index in [0.717, 1.165) is 11.4 Å². The van der Waals surface area contributed by atoms with Gasteiger partial charge in [-0.05, 0) is 26.0 Å². The highest BCUT2D eigenvalue weighted by Gasteiger charge is 2.13. The summed E-state index contributed by atoms with van der Waals surface area (Å²) in [5, 5.41) is 15.9. The largest absolute Gasteiger partial charge is 0.270 e. The molecule has 2 heterocycles. The lowest BCUT2D eigenvalue weighted by Gasteiger charge is -2.06. The van der Waals surface area contributed by atoms with Crippen molar-refractivity contribution in [3.8, 4) is 5.82 Å². The molecule has 3 aromatic rings. The van der Waals surface area contributed by atoms with Gasteiger partial charge in [0.2, 0.25) is 0 Å². The zero-order chi connectivity index (χ0) is 14.3. The molecule has 3 rings (SSSR count). The Hall–Kier alpha value is -2.83. The number of hydrogen-bond acceptors (Lipinski definition) is 5. The summed E-state index contributed by atoms with van der Waals surface area (Å²) < 4.78 is 1.67. The topological polar surface area (TPSA) is 86.7 Å². The first kappa shape index (κ1) is 12.2. The Morgan fingerprint density at radius 1 is 1.20 bits per heavy atom. The standard InChI is InChI=1S/C13H11N5O2/c1-8-5-9(2)17(16-8)13-11-6-10(18(19)20)3-4-12(11)14-7-15-13/h3-7H,1-2H3. The SMILES string of the molecule is Cc1cc(C)n(-c2ncnc3ccc([N+](=O)[O-])cc23)n1. The Kier molecular flexibility index (Phi) is 2.67. The first-order chi connectivity index (χ1) is 9.56. The Morgan fingerprint density at radius 3 is 2.65 bits per heavy atom. The van der Waals surface area contributed by atoms with E-state index >= 15 is 0 Å². The van der Waals surface area contributed by atoms with Gasteiger partial charge in [0.05, 0.1) is 21.5 Å².